The largest absolute Gasteiger partial charge is 0.480 e. The second kappa shape index (κ2) is 6.31. The Kier molecular flexibility index (Phi) is 5.00. The first-order valence-electron chi connectivity index (χ1n) is 5.39. The summed E-state index contributed by atoms with van der Waals surface area (Å²) in [4.78, 5) is 32.8. The maximum atomic E-state index is 11.9. The summed E-state index contributed by atoms with van der Waals surface area (Å²) >= 11 is 5.66. The van der Waals surface area contributed by atoms with E-state index in [0.717, 1.165) is 12.1 Å². The number of hydrogen-bond donors (Lipinski definition) is 3. The lowest BCUT2D eigenvalue weighted by Gasteiger charge is -2.17. The molecule has 0 spiro atoms. The Morgan fingerprint density at radius 1 is 1.45 bits per heavy atom. The van der Waals surface area contributed by atoms with Crippen LogP contribution in [0.4, 0.5) is 5.69 Å². The molecule has 0 aliphatic heterocycles. The molecular weight excluding hydrogens is 292 g/mol. The number of nitro groups is 1. The van der Waals surface area contributed by atoms with Crippen LogP contribution < -0.4 is 5.32 Å². The molecule has 2 atom stereocenters. The van der Waals surface area contributed by atoms with Crippen LogP contribution in [0.25, 0.3) is 0 Å². The van der Waals surface area contributed by atoms with Crippen molar-refractivity contribution in [2.24, 2.45) is 0 Å². The predicted molar refractivity (Wildman–Crippen MR) is 68.7 cm³/mol. The number of benzene rings is 1. The average Bonchev–Trinajstić information content (AvgIpc) is 2.34. The topological polar surface area (TPSA) is 130 Å². The van der Waals surface area contributed by atoms with Crippen molar-refractivity contribution in [1.29, 1.82) is 0 Å². The summed E-state index contributed by atoms with van der Waals surface area (Å²) < 4.78 is 0. The number of hydrogen-bond acceptors (Lipinski definition) is 5. The number of nitro benzene ring substituents is 1. The van der Waals surface area contributed by atoms with E-state index in [0.29, 0.717) is 0 Å². The Hall–Kier alpha value is -2.19. The van der Waals surface area contributed by atoms with Gasteiger partial charge < -0.3 is 15.5 Å². The third-order valence-corrected chi connectivity index (χ3v) is 2.67. The maximum Gasteiger partial charge on any atom is 0.328 e. The van der Waals surface area contributed by atoms with Gasteiger partial charge in [0, 0.05) is 11.1 Å². The van der Waals surface area contributed by atoms with Gasteiger partial charge in [-0.1, -0.05) is 11.6 Å². The molecule has 0 unspecified atom stereocenters. The second-order valence-electron chi connectivity index (χ2n) is 3.95. The molecule has 0 saturated carbocycles. The van der Waals surface area contributed by atoms with Gasteiger partial charge in [0.15, 0.2) is 6.04 Å². The molecule has 0 heterocycles. The molecular formula is C11H11ClN2O6. The Morgan fingerprint density at radius 2 is 2.05 bits per heavy atom. The molecule has 0 aliphatic rings. The number of aliphatic hydroxyl groups is 1. The SMILES string of the molecule is C[C@@H](O)[C@H](NC(=O)c1cc(Cl)ccc1[N+](=O)[O-])C(=O)O. The molecule has 1 aromatic carbocycles. The lowest BCUT2D eigenvalue weighted by Crippen LogP contribution is -2.47. The monoisotopic (exact) mass is 302 g/mol. The van der Waals surface area contributed by atoms with E-state index in [1.807, 2.05) is 5.32 Å². The standard InChI is InChI=1S/C11H11ClN2O6/c1-5(15)9(11(17)18)13-10(16)7-4-6(12)2-3-8(7)14(19)20/h2-5,9,15H,1H3,(H,13,16)(H,17,18)/t5-,9+/m1/s1. The Bertz CT molecular complexity index is 560. The highest BCUT2D eigenvalue weighted by Crippen LogP contribution is 2.22. The van der Waals surface area contributed by atoms with Crippen LogP contribution in [0, 0.1) is 10.1 Å². The molecule has 0 bridgehead atoms. The van der Waals surface area contributed by atoms with Crippen LogP contribution in [0.5, 0.6) is 0 Å². The average molecular weight is 303 g/mol. The van der Waals surface area contributed by atoms with Crippen molar-refractivity contribution in [3.63, 3.8) is 0 Å². The van der Waals surface area contributed by atoms with Gasteiger partial charge in [0.05, 0.1) is 11.0 Å². The number of carboxylic acid groups (broad SMARTS) is 1. The van der Waals surface area contributed by atoms with E-state index < -0.39 is 34.6 Å². The number of aliphatic hydroxyl groups excluding tert-OH is 1. The van der Waals surface area contributed by atoms with Gasteiger partial charge in [-0.05, 0) is 19.1 Å². The third kappa shape index (κ3) is 3.65. The van der Waals surface area contributed by atoms with Crippen LogP contribution in [0.2, 0.25) is 5.02 Å². The first-order chi connectivity index (χ1) is 9.23. The summed E-state index contributed by atoms with van der Waals surface area (Å²) in [6.07, 6.45) is -1.37. The van der Waals surface area contributed by atoms with E-state index in [9.17, 15) is 24.8 Å². The highest BCUT2D eigenvalue weighted by molar-refractivity contribution is 6.31. The number of carboxylic acids is 1. The summed E-state index contributed by atoms with van der Waals surface area (Å²) in [6.45, 7) is 1.17. The van der Waals surface area contributed by atoms with Crippen molar-refractivity contribution >= 4 is 29.2 Å². The molecule has 1 amide bonds. The number of nitrogens with one attached hydrogen (secondary N) is 1. The lowest BCUT2D eigenvalue weighted by molar-refractivity contribution is -0.385. The number of carbonyl (C=O) groups is 2. The normalized spacial score (nSPS) is 13.3. The van der Waals surface area contributed by atoms with Crippen molar-refractivity contribution in [3.05, 3.63) is 38.9 Å². The zero-order valence-corrected chi connectivity index (χ0v) is 11.0. The summed E-state index contributed by atoms with van der Waals surface area (Å²) in [7, 11) is 0. The van der Waals surface area contributed by atoms with Crippen LogP contribution in [0.3, 0.4) is 0 Å². The summed E-state index contributed by atoms with van der Waals surface area (Å²) in [5.41, 5.74) is -0.893. The van der Waals surface area contributed by atoms with Gasteiger partial charge in [0.2, 0.25) is 0 Å². The minimum atomic E-state index is -1.58. The van der Waals surface area contributed by atoms with E-state index in [2.05, 4.69) is 0 Å². The van der Waals surface area contributed by atoms with Crippen LogP contribution in [-0.2, 0) is 4.79 Å². The van der Waals surface area contributed by atoms with Gasteiger partial charge in [-0.15, -0.1) is 0 Å². The fourth-order valence-corrected chi connectivity index (χ4v) is 1.63. The van der Waals surface area contributed by atoms with Crippen molar-refractivity contribution in [2.45, 2.75) is 19.1 Å². The van der Waals surface area contributed by atoms with Crippen LogP contribution in [0.15, 0.2) is 18.2 Å². The molecule has 8 nitrogen and oxygen atoms in total. The fourth-order valence-electron chi connectivity index (χ4n) is 1.46. The first kappa shape index (κ1) is 15.9. The van der Waals surface area contributed by atoms with Gasteiger partial charge >= 0.3 is 5.97 Å². The Morgan fingerprint density at radius 3 is 2.50 bits per heavy atom. The van der Waals surface area contributed by atoms with Gasteiger partial charge in [-0.25, -0.2) is 4.79 Å². The molecule has 0 saturated heterocycles. The zero-order valence-electron chi connectivity index (χ0n) is 10.2. The number of amides is 1. The van der Waals surface area contributed by atoms with Crippen LogP contribution in [-0.4, -0.2) is 39.2 Å². The zero-order chi connectivity index (χ0) is 15.4. The van der Waals surface area contributed by atoms with E-state index in [4.69, 9.17) is 16.7 Å². The Balaban J connectivity index is 3.11. The molecule has 1 aromatic rings. The fraction of sp³-hybridized carbons (Fsp3) is 0.273. The summed E-state index contributed by atoms with van der Waals surface area (Å²) in [5, 5.41) is 31.0. The summed E-state index contributed by atoms with van der Waals surface area (Å²) in [5.74, 6) is -2.47. The minimum Gasteiger partial charge on any atom is -0.480 e. The molecule has 3 N–H and O–H groups in total. The summed E-state index contributed by atoms with van der Waals surface area (Å²) in [6, 6.07) is 1.74. The number of rotatable bonds is 5. The Labute approximate surface area is 118 Å². The molecule has 0 fully saturated rings. The van der Waals surface area contributed by atoms with Crippen molar-refractivity contribution < 1.29 is 24.7 Å². The van der Waals surface area contributed by atoms with E-state index in [1.165, 1.54) is 13.0 Å². The molecule has 20 heavy (non-hydrogen) atoms. The molecule has 0 aromatic heterocycles. The van der Waals surface area contributed by atoms with Crippen LogP contribution in [0.1, 0.15) is 17.3 Å². The predicted octanol–water partition coefficient (Wildman–Crippen LogP) is 0.812. The molecule has 9 heteroatoms. The lowest BCUT2D eigenvalue weighted by atomic mass is 10.1. The first-order valence-corrected chi connectivity index (χ1v) is 5.77. The minimum absolute atomic E-state index is 0.0877. The van der Waals surface area contributed by atoms with E-state index in [1.54, 1.807) is 0 Å². The third-order valence-electron chi connectivity index (χ3n) is 2.43. The van der Waals surface area contributed by atoms with Gasteiger partial charge in [-0.3, -0.25) is 14.9 Å². The highest BCUT2D eigenvalue weighted by Gasteiger charge is 2.28. The number of halogens is 1. The molecule has 108 valence electrons. The van der Waals surface area contributed by atoms with Crippen molar-refractivity contribution in [2.75, 3.05) is 0 Å². The smallest absolute Gasteiger partial charge is 0.328 e. The molecule has 1 rings (SSSR count). The van der Waals surface area contributed by atoms with Crippen molar-refractivity contribution in [3.8, 4) is 0 Å². The number of carbonyl (C=O) groups excluding carboxylic acids is 1. The quantitative estimate of drug-likeness (QED) is 0.545. The molecule has 0 radical (unpaired) electrons. The van der Waals surface area contributed by atoms with Crippen LogP contribution >= 0.6 is 11.6 Å². The highest BCUT2D eigenvalue weighted by atomic mass is 35.5. The number of nitrogens with zero attached hydrogens (tertiary/aromatic N) is 1. The van der Waals surface area contributed by atoms with E-state index >= 15 is 0 Å². The van der Waals surface area contributed by atoms with E-state index in [-0.39, 0.29) is 10.6 Å². The number of aliphatic carboxylic acids is 1. The van der Waals surface area contributed by atoms with Gasteiger partial charge in [-0.2, -0.15) is 0 Å². The van der Waals surface area contributed by atoms with Crippen molar-refractivity contribution in [1.82, 2.24) is 5.32 Å². The second-order valence-corrected chi connectivity index (χ2v) is 4.38. The van der Waals surface area contributed by atoms with Gasteiger partial charge in [0.1, 0.15) is 5.56 Å². The maximum absolute atomic E-state index is 11.9. The molecule has 0 aliphatic carbocycles. The van der Waals surface area contributed by atoms with Gasteiger partial charge in [0.25, 0.3) is 11.6 Å².